The Labute approximate surface area is 110 Å². The molecule has 0 bridgehead atoms. The number of hydrogen-bond acceptors (Lipinski definition) is 2. The van der Waals surface area contributed by atoms with Gasteiger partial charge in [-0.05, 0) is 49.9 Å². The molecule has 1 saturated carbocycles. The molecule has 2 heteroatoms. The molecule has 1 aliphatic heterocycles. The zero-order chi connectivity index (χ0) is 12.2. The van der Waals surface area contributed by atoms with Crippen molar-refractivity contribution in [2.24, 2.45) is 0 Å². The molecule has 0 spiro atoms. The topological polar surface area (TPSA) is 15.3 Å². The quantitative estimate of drug-likeness (QED) is 0.856. The molecule has 1 saturated heterocycles. The van der Waals surface area contributed by atoms with Crippen molar-refractivity contribution in [3.63, 3.8) is 0 Å². The van der Waals surface area contributed by atoms with Gasteiger partial charge in [0.15, 0.2) is 0 Å². The van der Waals surface area contributed by atoms with Gasteiger partial charge in [-0.3, -0.25) is 4.90 Å². The Morgan fingerprint density at radius 1 is 1.06 bits per heavy atom. The Balaban J connectivity index is 1.55. The Hall–Kier alpha value is -0.860. The second-order valence-electron chi connectivity index (χ2n) is 5.81. The van der Waals surface area contributed by atoms with Crippen LogP contribution in [0.25, 0.3) is 0 Å². The number of benzene rings is 1. The zero-order valence-corrected chi connectivity index (χ0v) is 11.2. The predicted octanol–water partition coefficient (Wildman–Crippen LogP) is 2.92. The molecule has 3 rings (SSSR count). The van der Waals surface area contributed by atoms with Crippen LogP contribution in [-0.2, 0) is 13.1 Å². The largest absolute Gasteiger partial charge is 0.310 e. The minimum Gasteiger partial charge on any atom is -0.310 e. The molecule has 18 heavy (non-hydrogen) atoms. The summed E-state index contributed by atoms with van der Waals surface area (Å²) in [6.07, 6.45) is 6.91. The van der Waals surface area contributed by atoms with Crippen LogP contribution in [0.4, 0.5) is 0 Å². The third-order valence-electron chi connectivity index (χ3n) is 4.02. The molecule has 1 aromatic carbocycles. The van der Waals surface area contributed by atoms with Crippen molar-refractivity contribution in [3.8, 4) is 0 Å². The first-order valence-corrected chi connectivity index (χ1v) is 7.44. The van der Waals surface area contributed by atoms with Crippen LogP contribution in [0, 0.1) is 0 Å². The molecule has 0 unspecified atom stereocenters. The highest BCUT2D eigenvalue weighted by molar-refractivity contribution is 5.23. The Morgan fingerprint density at radius 2 is 1.83 bits per heavy atom. The number of piperidine rings is 1. The summed E-state index contributed by atoms with van der Waals surface area (Å²) < 4.78 is 0. The summed E-state index contributed by atoms with van der Waals surface area (Å²) in [6.45, 7) is 4.74. The predicted molar refractivity (Wildman–Crippen MR) is 75.4 cm³/mol. The van der Waals surface area contributed by atoms with E-state index >= 15 is 0 Å². The second-order valence-corrected chi connectivity index (χ2v) is 5.81. The van der Waals surface area contributed by atoms with Crippen LogP contribution >= 0.6 is 0 Å². The minimum absolute atomic E-state index is 0.802. The van der Waals surface area contributed by atoms with Gasteiger partial charge in [0, 0.05) is 19.1 Å². The van der Waals surface area contributed by atoms with Crippen LogP contribution in [0.5, 0.6) is 0 Å². The van der Waals surface area contributed by atoms with E-state index in [0.717, 1.165) is 19.1 Å². The van der Waals surface area contributed by atoms with Gasteiger partial charge < -0.3 is 5.32 Å². The number of hydrogen-bond donors (Lipinski definition) is 1. The van der Waals surface area contributed by atoms with Crippen molar-refractivity contribution >= 4 is 0 Å². The Bertz CT molecular complexity index is 378. The van der Waals surface area contributed by atoms with Crippen LogP contribution in [0.3, 0.4) is 0 Å². The summed E-state index contributed by atoms with van der Waals surface area (Å²) in [5.41, 5.74) is 2.92. The van der Waals surface area contributed by atoms with Crippen molar-refractivity contribution in [2.45, 2.75) is 51.2 Å². The van der Waals surface area contributed by atoms with E-state index in [2.05, 4.69) is 34.5 Å². The molecule has 0 radical (unpaired) electrons. The SMILES string of the molecule is c1cc(CNC2CC2)cc(CN2CCCCC2)c1. The summed E-state index contributed by atoms with van der Waals surface area (Å²) in [5, 5.41) is 3.59. The highest BCUT2D eigenvalue weighted by atomic mass is 15.1. The maximum atomic E-state index is 3.59. The third-order valence-corrected chi connectivity index (χ3v) is 4.02. The van der Waals surface area contributed by atoms with Crippen molar-refractivity contribution in [1.29, 1.82) is 0 Å². The lowest BCUT2D eigenvalue weighted by Gasteiger charge is -2.26. The molecule has 98 valence electrons. The smallest absolute Gasteiger partial charge is 0.0233 e. The summed E-state index contributed by atoms with van der Waals surface area (Å²) in [5.74, 6) is 0. The maximum Gasteiger partial charge on any atom is 0.0233 e. The molecule has 0 amide bonds. The summed E-state index contributed by atoms with van der Waals surface area (Å²) in [4.78, 5) is 2.59. The van der Waals surface area contributed by atoms with E-state index in [1.54, 1.807) is 0 Å². The van der Waals surface area contributed by atoms with Gasteiger partial charge >= 0.3 is 0 Å². The van der Waals surface area contributed by atoms with Crippen LogP contribution in [0.15, 0.2) is 24.3 Å². The molecule has 1 aromatic rings. The van der Waals surface area contributed by atoms with Crippen molar-refractivity contribution in [3.05, 3.63) is 35.4 Å². The number of nitrogens with zero attached hydrogens (tertiary/aromatic N) is 1. The fraction of sp³-hybridized carbons (Fsp3) is 0.625. The lowest BCUT2D eigenvalue weighted by Crippen LogP contribution is -2.29. The van der Waals surface area contributed by atoms with Crippen molar-refractivity contribution in [1.82, 2.24) is 10.2 Å². The van der Waals surface area contributed by atoms with E-state index in [1.807, 2.05) is 0 Å². The van der Waals surface area contributed by atoms with Crippen LogP contribution in [0.1, 0.15) is 43.2 Å². The zero-order valence-electron chi connectivity index (χ0n) is 11.2. The van der Waals surface area contributed by atoms with Gasteiger partial charge in [-0.2, -0.15) is 0 Å². The summed E-state index contributed by atoms with van der Waals surface area (Å²) in [7, 11) is 0. The minimum atomic E-state index is 0.802. The van der Waals surface area contributed by atoms with E-state index < -0.39 is 0 Å². The molecule has 0 aromatic heterocycles. The van der Waals surface area contributed by atoms with Gasteiger partial charge in [0.05, 0.1) is 0 Å². The normalized spacial score (nSPS) is 21.1. The number of rotatable bonds is 5. The van der Waals surface area contributed by atoms with Gasteiger partial charge in [-0.1, -0.05) is 30.7 Å². The first-order valence-electron chi connectivity index (χ1n) is 7.44. The molecule has 0 atom stereocenters. The van der Waals surface area contributed by atoms with Crippen molar-refractivity contribution in [2.75, 3.05) is 13.1 Å². The molecular formula is C16H24N2. The Morgan fingerprint density at radius 3 is 2.61 bits per heavy atom. The third kappa shape index (κ3) is 3.56. The van der Waals surface area contributed by atoms with E-state index in [0.29, 0.717) is 0 Å². The molecule has 2 fully saturated rings. The highest BCUT2D eigenvalue weighted by Crippen LogP contribution is 2.19. The summed E-state index contributed by atoms with van der Waals surface area (Å²) in [6, 6.07) is 9.91. The molecule has 2 nitrogen and oxygen atoms in total. The van der Waals surface area contributed by atoms with E-state index in [9.17, 15) is 0 Å². The molecule has 2 aliphatic rings. The number of likely N-dealkylation sites (tertiary alicyclic amines) is 1. The van der Waals surface area contributed by atoms with Crippen LogP contribution in [-0.4, -0.2) is 24.0 Å². The van der Waals surface area contributed by atoms with Gasteiger partial charge in [-0.25, -0.2) is 0 Å². The standard InChI is InChI=1S/C16H24N2/c1-2-9-18(10-3-1)13-15-6-4-5-14(11-15)12-17-16-7-8-16/h4-6,11,16-17H,1-3,7-10,12-13H2. The second kappa shape index (κ2) is 5.85. The van der Waals surface area contributed by atoms with E-state index in [4.69, 9.17) is 0 Å². The monoisotopic (exact) mass is 244 g/mol. The van der Waals surface area contributed by atoms with Crippen LogP contribution < -0.4 is 5.32 Å². The molecule has 1 heterocycles. The van der Waals surface area contributed by atoms with E-state index in [1.165, 1.54) is 56.3 Å². The summed E-state index contributed by atoms with van der Waals surface area (Å²) >= 11 is 0. The fourth-order valence-electron chi connectivity index (χ4n) is 2.76. The van der Waals surface area contributed by atoms with Gasteiger partial charge in [0.25, 0.3) is 0 Å². The number of nitrogens with one attached hydrogen (secondary N) is 1. The highest BCUT2D eigenvalue weighted by Gasteiger charge is 2.19. The first kappa shape index (κ1) is 12.2. The average molecular weight is 244 g/mol. The molecule has 1 N–H and O–H groups in total. The fourth-order valence-corrected chi connectivity index (χ4v) is 2.76. The van der Waals surface area contributed by atoms with Gasteiger partial charge in [0.1, 0.15) is 0 Å². The van der Waals surface area contributed by atoms with Crippen molar-refractivity contribution < 1.29 is 0 Å². The van der Waals surface area contributed by atoms with Crippen LogP contribution in [0.2, 0.25) is 0 Å². The molecule has 1 aliphatic carbocycles. The molecular weight excluding hydrogens is 220 g/mol. The average Bonchev–Trinajstić information content (AvgIpc) is 3.22. The van der Waals surface area contributed by atoms with Gasteiger partial charge in [-0.15, -0.1) is 0 Å². The Kier molecular flexibility index (Phi) is 3.96. The lowest BCUT2D eigenvalue weighted by molar-refractivity contribution is 0.221. The lowest BCUT2D eigenvalue weighted by atomic mass is 10.1. The van der Waals surface area contributed by atoms with Gasteiger partial charge in [0.2, 0.25) is 0 Å². The van der Waals surface area contributed by atoms with E-state index in [-0.39, 0.29) is 0 Å². The maximum absolute atomic E-state index is 3.59. The first-order chi connectivity index (χ1) is 8.90.